The molecule has 1 atom stereocenters. The fourth-order valence-electron chi connectivity index (χ4n) is 3.08. The Kier molecular flexibility index (Phi) is 7.77. The van der Waals surface area contributed by atoms with Crippen LogP contribution in [0.5, 0.6) is 5.75 Å². The van der Waals surface area contributed by atoms with Crippen LogP contribution in [0.1, 0.15) is 37.3 Å². The third-order valence-corrected chi connectivity index (χ3v) is 6.01. The number of nitrogens with zero attached hydrogens (tertiary/aromatic N) is 4. The Morgan fingerprint density at radius 1 is 1.26 bits per heavy atom. The molecular formula is C22H24N4O4S. The number of methoxy groups -OCH3 is 1. The van der Waals surface area contributed by atoms with Crippen LogP contribution in [0.25, 0.3) is 0 Å². The molecule has 9 heteroatoms. The zero-order valence-corrected chi connectivity index (χ0v) is 18.2. The van der Waals surface area contributed by atoms with Crippen LogP contribution in [-0.4, -0.2) is 39.5 Å². The van der Waals surface area contributed by atoms with Gasteiger partial charge in [0.15, 0.2) is 5.17 Å². The van der Waals surface area contributed by atoms with E-state index in [1.165, 1.54) is 30.1 Å². The number of ether oxygens (including phenoxy) is 1. The van der Waals surface area contributed by atoms with E-state index in [9.17, 15) is 14.9 Å². The Labute approximate surface area is 185 Å². The van der Waals surface area contributed by atoms with Crippen LogP contribution in [-0.2, 0) is 11.3 Å². The highest BCUT2D eigenvalue weighted by Gasteiger charge is 2.37. The number of carbonyl (C=O) groups is 1. The Morgan fingerprint density at radius 2 is 2.03 bits per heavy atom. The first kappa shape index (κ1) is 22.5. The highest BCUT2D eigenvalue weighted by atomic mass is 32.2. The smallest absolute Gasteiger partial charge is 0.270 e. The average molecular weight is 441 g/mol. The molecule has 1 aliphatic heterocycles. The summed E-state index contributed by atoms with van der Waals surface area (Å²) in [5, 5.41) is 19.7. The number of amidine groups is 1. The first-order chi connectivity index (χ1) is 15.0. The second kappa shape index (κ2) is 10.7. The standard InChI is InChI=1S/C22H24N4O4S/c1-3-4-8-20-21(27)25(15-16-9-11-19(30-2)12-10-16)22(31-20)24-23-14-17-6-5-7-18(13-17)26(28)29/h5-7,9-14,20H,3-4,8,15H2,1-2H3. The fourth-order valence-corrected chi connectivity index (χ4v) is 4.22. The third-order valence-electron chi connectivity index (χ3n) is 4.77. The molecule has 0 aliphatic carbocycles. The van der Waals surface area contributed by atoms with Gasteiger partial charge in [0.05, 0.1) is 30.0 Å². The van der Waals surface area contributed by atoms with Crippen molar-refractivity contribution in [2.24, 2.45) is 10.2 Å². The first-order valence-corrected chi connectivity index (χ1v) is 10.9. The van der Waals surface area contributed by atoms with Crippen LogP contribution >= 0.6 is 11.8 Å². The predicted molar refractivity (Wildman–Crippen MR) is 123 cm³/mol. The van der Waals surface area contributed by atoms with Gasteiger partial charge in [-0.05, 0) is 24.1 Å². The molecule has 0 bridgehead atoms. The number of rotatable bonds is 9. The van der Waals surface area contributed by atoms with Crippen molar-refractivity contribution in [3.63, 3.8) is 0 Å². The molecule has 31 heavy (non-hydrogen) atoms. The van der Waals surface area contributed by atoms with E-state index in [0.717, 1.165) is 30.6 Å². The number of carbonyl (C=O) groups excluding carboxylic acids is 1. The molecule has 2 aromatic carbocycles. The van der Waals surface area contributed by atoms with Gasteiger partial charge < -0.3 is 4.74 Å². The highest BCUT2D eigenvalue weighted by Crippen LogP contribution is 2.32. The number of hydrogen-bond acceptors (Lipinski definition) is 7. The maximum absolute atomic E-state index is 13.0. The molecule has 0 aromatic heterocycles. The normalized spacial score (nSPS) is 17.6. The van der Waals surface area contributed by atoms with Gasteiger partial charge in [0.2, 0.25) is 5.91 Å². The van der Waals surface area contributed by atoms with Crippen molar-refractivity contribution in [2.75, 3.05) is 7.11 Å². The molecule has 0 spiro atoms. The number of hydrogen-bond donors (Lipinski definition) is 0. The summed E-state index contributed by atoms with van der Waals surface area (Å²) >= 11 is 1.42. The lowest BCUT2D eigenvalue weighted by Crippen LogP contribution is -2.31. The highest BCUT2D eigenvalue weighted by molar-refractivity contribution is 8.15. The van der Waals surface area contributed by atoms with Gasteiger partial charge in [0.25, 0.3) is 5.69 Å². The lowest BCUT2D eigenvalue weighted by Gasteiger charge is -2.16. The zero-order chi connectivity index (χ0) is 22.2. The van der Waals surface area contributed by atoms with Crippen LogP contribution in [0.3, 0.4) is 0 Å². The Balaban J connectivity index is 1.80. The molecule has 162 valence electrons. The van der Waals surface area contributed by atoms with Crippen LogP contribution in [0.2, 0.25) is 0 Å². The Morgan fingerprint density at radius 3 is 2.71 bits per heavy atom. The number of amides is 1. The summed E-state index contributed by atoms with van der Waals surface area (Å²) < 4.78 is 5.19. The van der Waals surface area contributed by atoms with E-state index in [2.05, 4.69) is 17.1 Å². The number of benzene rings is 2. The lowest BCUT2D eigenvalue weighted by atomic mass is 10.1. The van der Waals surface area contributed by atoms with Crippen molar-refractivity contribution in [3.05, 3.63) is 69.8 Å². The molecule has 2 aromatic rings. The molecule has 1 amide bonds. The molecule has 0 N–H and O–H groups in total. The van der Waals surface area contributed by atoms with Crippen molar-refractivity contribution in [2.45, 2.75) is 38.0 Å². The molecule has 1 fully saturated rings. The van der Waals surface area contributed by atoms with Gasteiger partial charge in [-0.15, -0.1) is 5.10 Å². The van der Waals surface area contributed by atoms with Gasteiger partial charge in [0, 0.05) is 17.7 Å². The second-order valence-corrected chi connectivity index (χ2v) is 8.17. The van der Waals surface area contributed by atoms with Crippen LogP contribution < -0.4 is 4.74 Å². The summed E-state index contributed by atoms with van der Waals surface area (Å²) in [5.74, 6) is 0.778. The number of nitro groups is 1. The van der Waals surface area contributed by atoms with E-state index in [1.54, 1.807) is 24.1 Å². The molecule has 1 heterocycles. The average Bonchev–Trinajstić information content (AvgIpc) is 3.07. The zero-order valence-electron chi connectivity index (χ0n) is 17.4. The van der Waals surface area contributed by atoms with Gasteiger partial charge in [-0.25, -0.2) is 0 Å². The Hall–Kier alpha value is -3.20. The SMILES string of the molecule is CCCCC1SC(=NN=Cc2cccc([N+](=O)[O-])c2)N(Cc2ccc(OC)cc2)C1=O. The molecule has 8 nitrogen and oxygen atoms in total. The minimum Gasteiger partial charge on any atom is -0.497 e. The Bertz CT molecular complexity index is 991. The fraction of sp³-hybridized carbons (Fsp3) is 0.318. The van der Waals surface area contributed by atoms with E-state index >= 15 is 0 Å². The van der Waals surface area contributed by atoms with Gasteiger partial charge in [-0.2, -0.15) is 5.10 Å². The van der Waals surface area contributed by atoms with Gasteiger partial charge in [-0.3, -0.25) is 19.8 Å². The van der Waals surface area contributed by atoms with E-state index in [4.69, 9.17) is 4.74 Å². The number of thioether (sulfide) groups is 1. The molecule has 1 saturated heterocycles. The van der Waals surface area contributed by atoms with Crippen LogP contribution in [0.15, 0.2) is 58.7 Å². The maximum atomic E-state index is 13.0. The quantitative estimate of drug-likeness (QED) is 0.322. The van der Waals surface area contributed by atoms with Crippen molar-refractivity contribution in [1.29, 1.82) is 0 Å². The third kappa shape index (κ3) is 5.91. The topological polar surface area (TPSA) is 97.4 Å². The summed E-state index contributed by atoms with van der Waals surface area (Å²) in [6.45, 7) is 2.49. The van der Waals surface area contributed by atoms with E-state index in [0.29, 0.717) is 17.3 Å². The number of nitro benzene ring substituents is 1. The van der Waals surface area contributed by atoms with Crippen LogP contribution in [0.4, 0.5) is 5.69 Å². The number of non-ortho nitro benzene ring substituents is 1. The summed E-state index contributed by atoms with van der Waals surface area (Å²) in [5.41, 5.74) is 1.51. The summed E-state index contributed by atoms with van der Waals surface area (Å²) in [6, 6.07) is 13.7. The minimum atomic E-state index is -0.455. The minimum absolute atomic E-state index is 0.0113. The maximum Gasteiger partial charge on any atom is 0.270 e. The summed E-state index contributed by atoms with van der Waals surface area (Å²) in [6.07, 6.45) is 4.22. The second-order valence-electron chi connectivity index (χ2n) is 7.00. The van der Waals surface area contributed by atoms with Crippen molar-refractivity contribution in [1.82, 2.24) is 4.90 Å². The van der Waals surface area contributed by atoms with E-state index in [-0.39, 0.29) is 16.8 Å². The van der Waals surface area contributed by atoms with Crippen molar-refractivity contribution in [3.8, 4) is 5.75 Å². The molecule has 3 rings (SSSR count). The van der Waals surface area contributed by atoms with Crippen molar-refractivity contribution >= 4 is 34.7 Å². The summed E-state index contributed by atoms with van der Waals surface area (Å²) in [7, 11) is 1.61. The molecule has 0 saturated carbocycles. The van der Waals surface area contributed by atoms with Gasteiger partial charge >= 0.3 is 0 Å². The summed E-state index contributed by atoms with van der Waals surface area (Å²) in [4.78, 5) is 25.1. The molecular weight excluding hydrogens is 416 g/mol. The molecule has 0 radical (unpaired) electrons. The lowest BCUT2D eigenvalue weighted by molar-refractivity contribution is -0.384. The predicted octanol–water partition coefficient (Wildman–Crippen LogP) is 4.63. The molecule has 1 unspecified atom stereocenters. The van der Waals surface area contributed by atoms with Gasteiger partial charge in [0.1, 0.15) is 5.75 Å². The number of unbranched alkanes of at least 4 members (excludes halogenated alkanes) is 1. The van der Waals surface area contributed by atoms with Gasteiger partial charge in [-0.1, -0.05) is 55.8 Å². The van der Waals surface area contributed by atoms with Crippen molar-refractivity contribution < 1.29 is 14.5 Å². The first-order valence-electron chi connectivity index (χ1n) is 9.98. The van der Waals surface area contributed by atoms with Crippen LogP contribution in [0, 0.1) is 10.1 Å². The largest absolute Gasteiger partial charge is 0.497 e. The molecule has 1 aliphatic rings. The van der Waals surface area contributed by atoms with E-state index < -0.39 is 4.92 Å². The van der Waals surface area contributed by atoms with E-state index in [1.807, 2.05) is 24.3 Å². The monoisotopic (exact) mass is 440 g/mol.